The van der Waals surface area contributed by atoms with E-state index in [1.807, 2.05) is 6.07 Å². The first-order valence-corrected chi connectivity index (χ1v) is 11.5. The maximum absolute atomic E-state index is 5.84. The van der Waals surface area contributed by atoms with E-state index >= 15 is 0 Å². The summed E-state index contributed by atoms with van der Waals surface area (Å²) < 4.78 is 11.5. The molecule has 0 aliphatic carbocycles. The lowest BCUT2D eigenvalue weighted by atomic mass is 9.88. The fraction of sp³-hybridized carbons (Fsp3) is 0.357. The maximum atomic E-state index is 5.84. The number of para-hydroxylation sites is 1. The number of nitrogens with two attached hydrogens (primary N) is 1. The van der Waals surface area contributed by atoms with Gasteiger partial charge < -0.3 is 19.7 Å². The predicted octanol–water partition coefficient (Wildman–Crippen LogP) is 4.83. The van der Waals surface area contributed by atoms with Crippen LogP contribution in [0.25, 0.3) is 0 Å². The number of ether oxygens (including phenoxy) is 2. The van der Waals surface area contributed by atoms with Crippen LogP contribution in [0.1, 0.15) is 42.9 Å². The van der Waals surface area contributed by atoms with Crippen LogP contribution in [0.15, 0.2) is 72.8 Å². The Morgan fingerprint density at radius 1 is 0.875 bits per heavy atom. The molecule has 0 unspecified atom stereocenters. The molecule has 0 saturated carbocycles. The Balaban J connectivity index is 1.70. The van der Waals surface area contributed by atoms with Crippen molar-refractivity contribution in [3.63, 3.8) is 0 Å². The third-order valence-corrected chi connectivity index (χ3v) is 5.66. The summed E-state index contributed by atoms with van der Waals surface area (Å²) in [6.07, 6.45) is 1.20. The number of hydrogen-bond acceptors (Lipinski definition) is 3. The van der Waals surface area contributed by atoms with Crippen LogP contribution in [-0.2, 0) is 6.54 Å². The van der Waals surface area contributed by atoms with Crippen molar-refractivity contribution in [3.8, 4) is 11.5 Å². The Morgan fingerprint density at radius 3 is 2.19 bits per heavy atom. The second kappa shape index (κ2) is 11.6. The van der Waals surface area contributed by atoms with Gasteiger partial charge in [0.1, 0.15) is 18.0 Å². The van der Waals surface area contributed by atoms with E-state index in [1.54, 1.807) is 7.11 Å². The SMILES string of the molecule is COc1ccccc1[C@@H](CC[NH2+]Cc1ccc(N(C)C)cc1)c1ccc(OC(C)C)cc1. The van der Waals surface area contributed by atoms with Crippen LogP contribution in [0.5, 0.6) is 11.5 Å². The summed E-state index contributed by atoms with van der Waals surface area (Å²) in [6.45, 7) is 6.11. The first-order valence-electron chi connectivity index (χ1n) is 11.5. The Kier molecular flexibility index (Phi) is 8.57. The normalized spacial score (nSPS) is 11.9. The Hall–Kier alpha value is -2.98. The highest BCUT2D eigenvalue weighted by Crippen LogP contribution is 2.34. The van der Waals surface area contributed by atoms with Crippen LogP contribution >= 0.6 is 0 Å². The molecule has 3 aromatic rings. The van der Waals surface area contributed by atoms with Gasteiger partial charge in [-0.3, -0.25) is 0 Å². The van der Waals surface area contributed by atoms with Crippen LogP contribution in [0.3, 0.4) is 0 Å². The summed E-state index contributed by atoms with van der Waals surface area (Å²) >= 11 is 0. The van der Waals surface area contributed by atoms with Crippen molar-refractivity contribution in [1.82, 2.24) is 0 Å². The third-order valence-electron chi connectivity index (χ3n) is 5.66. The van der Waals surface area contributed by atoms with Crippen molar-refractivity contribution in [2.24, 2.45) is 0 Å². The molecule has 0 aliphatic heterocycles. The minimum Gasteiger partial charge on any atom is -0.496 e. The molecule has 0 radical (unpaired) electrons. The number of quaternary nitrogens is 1. The van der Waals surface area contributed by atoms with Crippen LogP contribution in [0.4, 0.5) is 5.69 Å². The number of hydrogen-bond donors (Lipinski definition) is 1. The van der Waals surface area contributed by atoms with E-state index in [-0.39, 0.29) is 12.0 Å². The van der Waals surface area contributed by atoms with Crippen LogP contribution in [0, 0.1) is 0 Å². The van der Waals surface area contributed by atoms with Gasteiger partial charge in [0.25, 0.3) is 0 Å². The standard InChI is InChI=1S/C28H36N2O2/c1-21(2)32-25-16-12-23(13-17-25)26(27-8-6-7-9-28(27)31-5)18-19-29-20-22-10-14-24(15-11-22)30(3)4/h6-17,21,26,29H,18-20H2,1-5H3/p+1/t26-/m0/s1. The molecular weight excluding hydrogens is 396 g/mol. The largest absolute Gasteiger partial charge is 0.496 e. The average Bonchev–Trinajstić information content (AvgIpc) is 2.80. The summed E-state index contributed by atoms with van der Waals surface area (Å²) in [5.41, 5.74) is 5.10. The van der Waals surface area contributed by atoms with Gasteiger partial charge in [0.15, 0.2) is 0 Å². The minimum atomic E-state index is 0.173. The summed E-state index contributed by atoms with van der Waals surface area (Å²) in [5.74, 6) is 2.13. The molecule has 3 rings (SSSR count). The quantitative estimate of drug-likeness (QED) is 0.440. The molecular formula is C28H37N2O2+. The Morgan fingerprint density at radius 2 is 1.56 bits per heavy atom. The highest BCUT2D eigenvalue weighted by Gasteiger charge is 2.19. The number of benzene rings is 3. The second-order valence-electron chi connectivity index (χ2n) is 8.66. The fourth-order valence-corrected chi connectivity index (χ4v) is 3.99. The van der Waals surface area contributed by atoms with Gasteiger partial charge in [0, 0.05) is 43.2 Å². The zero-order valence-corrected chi connectivity index (χ0v) is 20.0. The molecule has 1 atom stereocenters. The first-order chi connectivity index (χ1) is 15.5. The molecule has 0 heterocycles. The Labute approximate surface area is 193 Å². The van der Waals surface area contributed by atoms with E-state index in [9.17, 15) is 0 Å². The number of rotatable bonds is 11. The van der Waals surface area contributed by atoms with Gasteiger partial charge in [-0.1, -0.05) is 42.5 Å². The first kappa shape index (κ1) is 23.7. The van der Waals surface area contributed by atoms with E-state index in [0.717, 1.165) is 31.0 Å². The zero-order valence-electron chi connectivity index (χ0n) is 20.0. The molecule has 0 saturated heterocycles. The molecule has 0 bridgehead atoms. The summed E-state index contributed by atoms with van der Waals surface area (Å²) in [7, 11) is 5.89. The minimum absolute atomic E-state index is 0.173. The lowest BCUT2D eigenvalue weighted by Crippen LogP contribution is -2.82. The van der Waals surface area contributed by atoms with Crippen molar-refractivity contribution >= 4 is 5.69 Å². The molecule has 0 fully saturated rings. The van der Waals surface area contributed by atoms with Crippen LogP contribution in [-0.4, -0.2) is 33.9 Å². The van der Waals surface area contributed by atoms with Crippen molar-refractivity contribution in [3.05, 3.63) is 89.5 Å². The molecule has 3 aromatic carbocycles. The molecule has 2 N–H and O–H groups in total. The van der Waals surface area contributed by atoms with Gasteiger partial charge in [-0.25, -0.2) is 0 Å². The monoisotopic (exact) mass is 433 g/mol. The Bertz CT molecular complexity index is 950. The summed E-state index contributed by atoms with van der Waals surface area (Å²) in [4.78, 5) is 2.13. The predicted molar refractivity (Wildman–Crippen MR) is 133 cm³/mol. The van der Waals surface area contributed by atoms with Gasteiger partial charge in [-0.05, 0) is 49.7 Å². The van der Waals surface area contributed by atoms with Gasteiger partial charge in [0.05, 0.1) is 19.8 Å². The highest BCUT2D eigenvalue weighted by molar-refractivity contribution is 5.46. The molecule has 0 aliphatic rings. The van der Waals surface area contributed by atoms with Crippen molar-refractivity contribution in [1.29, 1.82) is 0 Å². The van der Waals surface area contributed by atoms with E-state index < -0.39 is 0 Å². The lowest BCUT2D eigenvalue weighted by Gasteiger charge is -2.21. The molecule has 0 spiro atoms. The van der Waals surface area contributed by atoms with E-state index in [4.69, 9.17) is 9.47 Å². The van der Waals surface area contributed by atoms with Crippen molar-refractivity contribution < 1.29 is 14.8 Å². The van der Waals surface area contributed by atoms with Crippen LogP contribution < -0.4 is 19.7 Å². The topological polar surface area (TPSA) is 38.3 Å². The molecule has 0 amide bonds. The summed E-state index contributed by atoms with van der Waals surface area (Å²) in [5, 5.41) is 2.39. The van der Waals surface area contributed by atoms with Crippen molar-refractivity contribution in [2.45, 2.75) is 38.8 Å². The van der Waals surface area contributed by atoms with Gasteiger partial charge >= 0.3 is 0 Å². The zero-order chi connectivity index (χ0) is 22.9. The number of nitrogens with zero attached hydrogens (tertiary/aromatic N) is 1. The van der Waals surface area contributed by atoms with E-state index in [1.165, 1.54) is 22.4 Å². The van der Waals surface area contributed by atoms with Gasteiger partial charge in [0.2, 0.25) is 0 Å². The maximum Gasteiger partial charge on any atom is 0.122 e. The smallest absolute Gasteiger partial charge is 0.122 e. The average molecular weight is 434 g/mol. The lowest BCUT2D eigenvalue weighted by molar-refractivity contribution is -0.671. The molecule has 32 heavy (non-hydrogen) atoms. The third kappa shape index (κ3) is 6.51. The number of methoxy groups -OCH3 is 1. The molecule has 4 heteroatoms. The van der Waals surface area contributed by atoms with E-state index in [2.05, 4.69) is 105 Å². The van der Waals surface area contributed by atoms with Gasteiger partial charge in [-0.15, -0.1) is 0 Å². The van der Waals surface area contributed by atoms with Gasteiger partial charge in [-0.2, -0.15) is 0 Å². The summed E-state index contributed by atoms with van der Waals surface area (Å²) in [6, 6.07) is 25.7. The van der Waals surface area contributed by atoms with E-state index in [0.29, 0.717) is 0 Å². The van der Waals surface area contributed by atoms with Crippen molar-refractivity contribution in [2.75, 3.05) is 32.6 Å². The molecule has 0 aromatic heterocycles. The second-order valence-corrected chi connectivity index (χ2v) is 8.66. The fourth-order valence-electron chi connectivity index (χ4n) is 3.99. The number of anilines is 1. The highest BCUT2D eigenvalue weighted by atomic mass is 16.5. The van der Waals surface area contributed by atoms with Crippen LogP contribution in [0.2, 0.25) is 0 Å². The molecule has 4 nitrogen and oxygen atoms in total. The molecule has 170 valence electrons.